The summed E-state index contributed by atoms with van der Waals surface area (Å²) < 4.78 is 27.0. The normalized spacial score (nSPS) is 28.4. The fourth-order valence-electron chi connectivity index (χ4n) is 3.88. The molecule has 2 N–H and O–H groups in total. The number of fused-ring (bicyclic) bond motifs is 1. The summed E-state index contributed by atoms with van der Waals surface area (Å²) in [7, 11) is 0. The first-order chi connectivity index (χ1) is 9.65. The van der Waals surface area contributed by atoms with Crippen LogP contribution >= 0.6 is 0 Å². The van der Waals surface area contributed by atoms with Gasteiger partial charge in [-0.2, -0.15) is 0 Å². The van der Waals surface area contributed by atoms with Gasteiger partial charge < -0.3 is 5.73 Å². The van der Waals surface area contributed by atoms with Crippen molar-refractivity contribution in [3.63, 3.8) is 0 Å². The van der Waals surface area contributed by atoms with E-state index in [4.69, 9.17) is 5.73 Å². The maximum Gasteiger partial charge on any atom is 0.128 e. The van der Waals surface area contributed by atoms with Crippen molar-refractivity contribution in [3.8, 4) is 0 Å². The Balaban J connectivity index is 1.69. The van der Waals surface area contributed by atoms with E-state index in [1.807, 2.05) is 0 Å². The highest BCUT2D eigenvalue weighted by Gasteiger charge is 2.36. The molecule has 0 spiro atoms. The van der Waals surface area contributed by atoms with Crippen LogP contribution in [0.25, 0.3) is 0 Å². The molecule has 110 valence electrons. The minimum Gasteiger partial charge on any atom is -0.323 e. The highest BCUT2D eigenvalue weighted by molar-refractivity contribution is 5.22. The summed E-state index contributed by atoms with van der Waals surface area (Å²) in [5.74, 6) is -0.0413. The van der Waals surface area contributed by atoms with Crippen molar-refractivity contribution in [1.29, 1.82) is 0 Å². The van der Waals surface area contributed by atoms with Crippen molar-refractivity contribution in [3.05, 3.63) is 35.4 Å². The van der Waals surface area contributed by atoms with Crippen molar-refractivity contribution < 1.29 is 8.78 Å². The molecule has 2 nitrogen and oxygen atoms in total. The molecule has 1 aliphatic heterocycles. The molecule has 3 unspecified atom stereocenters. The van der Waals surface area contributed by atoms with Gasteiger partial charge >= 0.3 is 0 Å². The maximum atomic E-state index is 13.8. The Morgan fingerprint density at radius 3 is 2.85 bits per heavy atom. The van der Waals surface area contributed by atoms with E-state index in [9.17, 15) is 8.78 Å². The van der Waals surface area contributed by atoms with Crippen molar-refractivity contribution in [2.45, 2.75) is 44.2 Å². The average molecular weight is 280 g/mol. The first-order valence-electron chi connectivity index (χ1n) is 7.59. The van der Waals surface area contributed by atoms with Gasteiger partial charge in [0.15, 0.2) is 0 Å². The van der Waals surface area contributed by atoms with Crippen LogP contribution in [0.5, 0.6) is 0 Å². The van der Waals surface area contributed by atoms with E-state index < -0.39 is 17.7 Å². The lowest BCUT2D eigenvalue weighted by molar-refractivity contribution is 0.173. The number of benzene rings is 1. The standard InChI is InChI=1S/C16H22F2N2/c17-12-5-6-14(18)13(9-12)15(19)10-20-8-7-11-3-1-2-4-16(11)20/h5-6,9,11,15-16H,1-4,7-8,10,19H2. The van der Waals surface area contributed by atoms with E-state index in [-0.39, 0.29) is 0 Å². The number of hydrogen-bond donors (Lipinski definition) is 1. The van der Waals surface area contributed by atoms with E-state index in [0.717, 1.165) is 24.6 Å². The largest absolute Gasteiger partial charge is 0.323 e. The van der Waals surface area contributed by atoms with Gasteiger partial charge in [0.25, 0.3) is 0 Å². The van der Waals surface area contributed by atoms with Crippen molar-refractivity contribution >= 4 is 0 Å². The predicted molar refractivity (Wildman–Crippen MR) is 75.2 cm³/mol. The van der Waals surface area contributed by atoms with Crippen molar-refractivity contribution in [2.75, 3.05) is 13.1 Å². The molecular weight excluding hydrogens is 258 g/mol. The van der Waals surface area contributed by atoms with Gasteiger partial charge in [0, 0.05) is 24.2 Å². The van der Waals surface area contributed by atoms with Gasteiger partial charge in [0.2, 0.25) is 0 Å². The minimum atomic E-state index is -0.452. The molecule has 4 heteroatoms. The number of likely N-dealkylation sites (tertiary alicyclic amines) is 1. The second-order valence-corrected chi connectivity index (χ2v) is 6.17. The van der Waals surface area contributed by atoms with Gasteiger partial charge in [0.1, 0.15) is 11.6 Å². The van der Waals surface area contributed by atoms with E-state index >= 15 is 0 Å². The molecule has 2 aliphatic rings. The third-order valence-electron chi connectivity index (χ3n) is 4.91. The summed E-state index contributed by atoms with van der Waals surface area (Å²) in [6.45, 7) is 1.67. The van der Waals surface area contributed by atoms with Crippen LogP contribution < -0.4 is 5.73 Å². The molecule has 0 aromatic heterocycles. The van der Waals surface area contributed by atoms with Crippen molar-refractivity contribution in [2.24, 2.45) is 11.7 Å². The smallest absolute Gasteiger partial charge is 0.128 e. The Morgan fingerprint density at radius 1 is 1.20 bits per heavy atom. The first kappa shape index (κ1) is 14.0. The Labute approximate surface area is 118 Å². The monoisotopic (exact) mass is 280 g/mol. The van der Waals surface area contributed by atoms with Crippen molar-refractivity contribution in [1.82, 2.24) is 4.90 Å². The lowest BCUT2D eigenvalue weighted by Crippen LogP contribution is -2.39. The van der Waals surface area contributed by atoms with Gasteiger partial charge in [-0.15, -0.1) is 0 Å². The minimum absolute atomic E-state index is 0.296. The number of rotatable bonds is 3. The lowest BCUT2D eigenvalue weighted by Gasteiger charge is -2.33. The molecule has 0 radical (unpaired) electrons. The fraction of sp³-hybridized carbons (Fsp3) is 0.625. The molecule has 20 heavy (non-hydrogen) atoms. The lowest BCUT2D eigenvalue weighted by atomic mass is 9.85. The van der Waals surface area contributed by atoms with Gasteiger partial charge in [-0.1, -0.05) is 12.8 Å². The molecule has 0 bridgehead atoms. The summed E-state index contributed by atoms with van der Waals surface area (Å²) in [5, 5.41) is 0. The highest BCUT2D eigenvalue weighted by Crippen LogP contribution is 2.36. The third kappa shape index (κ3) is 2.72. The molecule has 1 saturated heterocycles. The molecule has 3 atom stereocenters. The van der Waals surface area contributed by atoms with Crippen LogP contribution in [0.2, 0.25) is 0 Å². The topological polar surface area (TPSA) is 29.3 Å². The van der Waals surface area contributed by atoms with Gasteiger partial charge in [0.05, 0.1) is 0 Å². The molecule has 1 saturated carbocycles. The summed E-state index contributed by atoms with van der Waals surface area (Å²) in [5.41, 5.74) is 6.41. The van der Waals surface area contributed by atoms with Crippen LogP contribution in [-0.4, -0.2) is 24.0 Å². The summed E-state index contributed by atoms with van der Waals surface area (Å²) >= 11 is 0. The van der Waals surface area contributed by atoms with Gasteiger partial charge in [-0.05, 0) is 49.9 Å². The van der Waals surface area contributed by atoms with Gasteiger partial charge in [-0.3, -0.25) is 4.90 Å². The Hall–Kier alpha value is -1.00. The molecule has 3 rings (SSSR count). The first-order valence-corrected chi connectivity index (χ1v) is 7.59. The van der Waals surface area contributed by atoms with Crippen LogP contribution in [0.3, 0.4) is 0 Å². The molecule has 1 heterocycles. The van der Waals surface area contributed by atoms with Crippen LogP contribution in [0.1, 0.15) is 43.7 Å². The third-order valence-corrected chi connectivity index (χ3v) is 4.91. The summed E-state index contributed by atoms with van der Waals surface area (Å²) in [6.07, 6.45) is 6.37. The van der Waals surface area contributed by atoms with E-state index in [1.54, 1.807) is 0 Å². The highest BCUT2D eigenvalue weighted by atomic mass is 19.1. The quantitative estimate of drug-likeness (QED) is 0.921. The molecule has 0 amide bonds. The SMILES string of the molecule is NC(CN1CCC2CCCCC21)c1cc(F)ccc1F. The summed E-state index contributed by atoms with van der Waals surface area (Å²) in [6, 6.07) is 3.68. The molecule has 2 fully saturated rings. The molecule has 1 aromatic rings. The van der Waals surface area contributed by atoms with Gasteiger partial charge in [-0.25, -0.2) is 8.78 Å². The predicted octanol–water partition coefficient (Wildman–Crippen LogP) is 3.23. The molecule has 1 aromatic carbocycles. The van der Waals surface area contributed by atoms with Crippen LogP contribution in [0, 0.1) is 17.6 Å². The number of halogens is 2. The molecule has 1 aliphatic carbocycles. The fourth-order valence-corrected chi connectivity index (χ4v) is 3.88. The Morgan fingerprint density at radius 2 is 2.00 bits per heavy atom. The zero-order valence-corrected chi connectivity index (χ0v) is 11.7. The van der Waals surface area contributed by atoms with Crippen LogP contribution in [0.4, 0.5) is 8.78 Å². The zero-order chi connectivity index (χ0) is 14.1. The van der Waals surface area contributed by atoms with Crippen LogP contribution in [0.15, 0.2) is 18.2 Å². The number of nitrogens with two attached hydrogens (primary N) is 1. The number of nitrogens with zero attached hydrogens (tertiary/aromatic N) is 1. The molecular formula is C16H22F2N2. The Kier molecular flexibility index (Phi) is 4.03. The number of hydrogen-bond acceptors (Lipinski definition) is 2. The summed E-state index contributed by atoms with van der Waals surface area (Å²) in [4.78, 5) is 2.39. The Bertz CT molecular complexity index is 478. The van der Waals surface area contributed by atoms with E-state index in [0.29, 0.717) is 18.2 Å². The maximum absolute atomic E-state index is 13.8. The second kappa shape index (κ2) is 5.78. The average Bonchev–Trinajstić information content (AvgIpc) is 2.85. The van der Waals surface area contributed by atoms with Crippen LogP contribution in [-0.2, 0) is 0 Å². The second-order valence-electron chi connectivity index (χ2n) is 6.17. The van der Waals surface area contributed by atoms with E-state index in [1.165, 1.54) is 38.2 Å². The van der Waals surface area contributed by atoms with E-state index in [2.05, 4.69) is 4.90 Å². The zero-order valence-electron chi connectivity index (χ0n) is 11.7.